The first-order valence-electron chi connectivity index (χ1n) is 9.22. The van der Waals surface area contributed by atoms with Crippen LogP contribution in [0.3, 0.4) is 0 Å². The number of hydrogen-bond acceptors (Lipinski definition) is 6. The third kappa shape index (κ3) is 4.09. The Morgan fingerprint density at radius 1 is 1.23 bits per heavy atom. The second-order valence-corrected chi connectivity index (χ2v) is 7.18. The predicted octanol–water partition coefficient (Wildman–Crippen LogP) is 3.22. The van der Waals surface area contributed by atoms with Gasteiger partial charge in [-0.2, -0.15) is 0 Å². The number of methoxy groups -OCH3 is 1. The Morgan fingerprint density at radius 3 is 2.73 bits per heavy atom. The maximum absolute atomic E-state index is 12.6. The van der Waals surface area contributed by atoms with Crippen LogP contribution < -0.4 is 4.74 Å². The molecular weight excluding hydrogens is 336 g/mol. The van der Waals surface area contributed by atoms with E-state index in [-0.39, 0.29) is 5.78 Å². The zero-order valence-corrected chi connectivity index (χ0v) is 15.9. The summed E-state index contributed by atoms with van der Waals surface area (Å²) in [6.07, 6.45) is 0.0915. The van der Waals surface area contributed by atoms with Crippen molar-refractivity contribution in [3.05, 3.63) is 29.8 Å². The van der Waals surface area contributed by atoms with Crippen molar-refractivity contribution in [2.75, 3.05) is 7.11 Å². The lowest BCUT2D eigenvalue weighted by Crippen LogP contribution is -2.40. The number of hydrogen-bond donors (Lipinski definition) is 0. The average Bonchev–Trinajstić information content (AvgIpc) is 3.09. The summed E-state index contributed by atoms with van der Waals surface area (Å²) in [4.78, 5) is 12.6. The number of carbonyl (C=O) groups excluding carboxylic acids is 1. The highest BCUT2D eigenvalue weighted by atomic mass is 16.8. The molecule has 0 spiro atoms. The zero-order valence-electron chi connectivity index (χ0n) is 15.9. The molecule has 144 valence electrons. The number of fused-ring (bicyclic) bond motifs is 1. The molecule has 0 bridgehead atoms. The number of ether oxygens (including phenoxy) is 5. The lowest BCUT2D eigenvalue weighted by Gasteiger charge is -2.25. The van der Waals surface area contributed by atoms with Crippen molar-refractivity contribution in [1.82, 2.24) is 0 Å². The van der Waals surface area contributed by atoms with E-state index in [9.17, 15) is 4.79 Å². The van der Waals surface area contributed by atoms with Gasteiger partial charge in [-0.05, 0) is 26.3 Å². The van der Waals surface area contributed by atoms with Crippen LogP contribution in [-0.2, 0) is 30.3 Å². The van der Waals surface area contributed by atoms with Crippen molar-refractivity contribution in [2.24, 2.45) is 0 Å². The maximum atomic E-state index is 12.6. The second kappa shape index (κ2) is 8.05. The summed E-state index contributed by atoms with van der Waals surface area (Å²) in [6, 6.07) is 7.66. The van der Waals surface area contributed by atoms with Crippen LogP contribution in [0, 0.1) is 0 Å². The number of Topliss-reactive ketones (excluding diaryl/α,β-unsaturated/α-hetero) is 1. The molecule has 4 atom stereocenters. The molecule has 6 nitrogen and oxygen atoms in total. The normalized spacial score (nSPS) is 29.5. The van der Waals surface area contributed by atoms with Crippen LogP contribution in [0.4, 0.5) is 0 Å². The van der Waals surface area contributed by atoms with Crippen molar-refractivity contribution in [3.63, 3.8) is 0 Å². The minimum Gasteiger partial charge on any atom is -0.496 e. The fraction of sp³-hybridized carbons (Fsp3) is 0.650. The van der Waals surface area contributed by atoms with Crippen molar-refractivity contribution >= 4 is 5.78 Å². The van der Waals surface area contributed by atoms with E-state index in [0.29, 0.717) is 13.0 Å². The van der Waals surface area contributed by atoms with Gasteiger partial charge < -0.3 is 23.7 Å². The van der Waals surface area contributed by atoms with Crippen LogP contribution in [-0.4, -0.2) is 43.3 Å². The van der Waals surface area contributed by atoms with Gasteiger partial charge in [0, 0.05) is 12.0 Å². The Bertz CT molecular complexity index is 628. The molecule has 6 heteroatoms. The van der Waals surface area contributed by atoms with Crippen molar-refractivity contribution in [2.45, 2.75) is 77.0 Å². The highest BCUT2D eigenvalue weighted by Crippen LogP contribution is 2.39. The van der Waals surface area contributed by atoms with Crippen molar-refractivity contribution in [3.8, 4) is 5.75 Å². The fourth-order valence-corrected chi connectivity index (χ4v) is 3.42. The van der Waals surface area contributed by atoms with E-state index >= 15 is 0 Å². The molecule has 0 N–H and O–H groups in total. The number of ketones is 1. The SMILES string of the molecule is CCCCC(=O)[C@H]1O[C@@H]2OC(C)(C)O[C@@H]2[C@H]1OCc1ccccc1OC. The summed E-state index contributed by atoms with van der Waals surface area (Å²) in [5, 5.41) is 0. The molecule has 3 rings (SSSR count). The van der Waals surface area contributed by atoms with Crippen LogP contribution in [0.1, 0.15) is 45.6 Å². The van der Waals surface area contributed by atoms with Gasteiger partial charge in [-0.1, -0.05) is 31.5 Å². The monoisotopic (exact) mass is 364 g/mol. The van der Waals surface area contributed by atoms with Gasteiger partial charge in [0.1, 0.15) is 24.1 Å². The Kier molecular flexibility index (Phi) is 5.97. The van der Waals surface area contributed by atoms with E-state index in [0.717, 1.165) is 24.2 Å². The third-order valence-electron chi connectivity index (χ3n) is 4.71. The van der Waals surface area contributed by atoms with Crippen LogP contribution in [0.2, 0.25) is 0 Å². The molecule has 0 aromatic heterocycles. The topological polar surface area (TPSA) is 63.2 Å². The predicted molar refractivity (Wildman–Crippen MR) is 94.8 cm³/mol. The van der Waals surface area contributed by atoms with E-state index in [1.54, 1.807) is 7.11 Å². The largest absolute Gasteiger partial charge is 0.496 e. The molecule has 2 saturated heterocycles. The first-order valence-corrected chi connectivity index (χ1v) is 9.22. The van der Waals surface area contributed by atoms with E-state index in [1.165, 1.54) is 0 Å². The van der Waals surface area contributed by atoms with Gasteiger partial charge in [-0.3, -0.25) is 4.79 Å². The summed E-state index contributed by atoms with van der Waals surface area (Å²) in [7, 11) is 1.63. The molecule has 1 aromatic carbocycles. The van der Waals surface area contributed by atoms with Gasteiger partial charge in [0.2, 0.25) is 0 Å². The Labute approximate surface area is 154 Å². The first-order chi connectivity index (χ1) is 12.4. The van der Waals surface area contributed by atoms with Crippen LogP contribution >= 0.6 is 0 Å². The Hall–Kier alpha value is -1.47. The maximum Gasteiger partial charge on any atom is 0.190 e. The molecule has 2 aliphatic heterocycles. The zero-order chi connectivity index (χ0) is 18.7. The van der Waals surface area contributed by atoms with Gasteiger partial charge in [0.25, 0.3) is 0 Å². The van der Waals surface area contributed by atoms with E-state index < -0.39 is 30.4 Å². The van der Waals surface area contributed by atoms with Gasteiger partial charge in [-0.15, -0.1) is 0 Å². The second-order valence-electron chi connectivity index (χ2n) is 7.18. The first kappa shape index (κ1) is 19.3. The van der Waals surface area contributed by atoms with Gasteiger partial charge >= 0.3 is 0 Å². The third-order valence-corrected chi connectivity index (χ3v) is 4.71. The molecule has 0 radical (unpaired) electrons. The average molecular weight is 364 g/mol. The van der Waals surface area contributed by atoms with Gasteiger partial charge in [-0.25, -0.2) is 0 Å². The number of unbranched alkanes of at least 4 members (excludes halogenated alkanes) is 1. The van der Waals surface area contributed by atoms with Crippen LogP contribution in [0.25, 0.3) is 0 Å². The molecule has 26 heavy (non-hydrogen) atoms. The Morgan fingerprint density at radius 2 is 2.00 bits per heavy atom. The molecule has 2 heterocycles. The molecular formula is C20H28O6. The summed E-state index contributed by atoms with van der Waals surface area (Å²) in [5.41, 5.74) is 0.913. The number of carbonyl (C=O) groups is 1. The van der Waals surface area contributed by atoms with Crippen LogP contribution in [0.5, 0.6) is 5.75 Å². The summed E-state index contributed by atoms with van der Waals surface area (Å²) < 4.78 is 29.1. The highest BCUT2D eigenvalue weighted by molar-refractivity contribution is 5.84. The molecule has 0 unspecified atom stereocenters. The minimum absolute atomic E-state index is 0.0382. The molecule has 0 aliphatic carbocycles. The molecule has 2 aliphatic rings. The Balaban J connectivity index is 1.73. The smallest absolute Gasteiger partial charge is 0.190 e. The van der Waals surface area contributed by atoms with Crippen molar-refractivity contribution < 1.29 is 28.5 Å². The quantitative estimate of drug-likeness (QED) is 0.706. The van der Waals surface area contributed by atoms with Gasteiger partial charge in [0.15, 0.2) is 17.9 Å². The molecule has 2 fully saturated rings. The molecule has 1 aromatic rings. The van der Waals surface area contributed by atoms with E-state index in [4.69, 9.17) is 23.7 Å². The van der Waals surface area contributed by atoms with Crippen LogP contribution in [0.15, 0.2) is 24.3 Å². The number of para-hydroxylation sites is 1. The number of rotatable bonds is 8. The number of benzene rings is 1. The lowest BCUT2D eigenvalue weighted by molar-refractivity contribution is -0.218. The summed E-state index contributed by atoms with van der Waals surface area (Å²) in [5.74, 6) is 0.0377. The fourth-order valence-electron chi connectivity index (χ4n) is 3.42. The van der Waals surface area contributed by atoms with Gasteiger partial charge in [0.05, 0.1) is 13.7 Å². The molecule has 0 saturated carbocycles. The summed E-state index contributed by atoms with van der Waals surface area (Å²) >= 11 is 0. The van der Waals surface area contributed by atoms with E-state index in [1.807, 2.05) is 38.1 Å². The highest BCUT2D eigenvalue weighted by Gasteiger charge is 2.57. The lowest BCUT2D eigenvalue weighted by atomic mass is 10.0. The van der Waals surface area contributed by atoms with Crippen molar-refractivity contribution in [1.29, 1.82) is 0 Å². The summed E-state index contributed by atoms with van der Waals surface area (Å²) in [6.45, 7) is 6.03. The minimum atomic E-state index is -0.751. The standard InChI is InChI=1S/C20H28O6/c1-5-6-10-14(21)16-17(18-19(24-16)26-20(2,3)25-18)23-12-13-9-7-8-11-15(13)22-4/h7-9,11,16-19H,5-6,10,12H2,1-4H3/t16-,17+,18-,19-/m1/s1. The molecule has 0 amide bonds. The van der Waals surface area contributed by atoms with E-state index in [2.05, 4.69) is 6.92 Å².